The summed E-state index contributed by atoms with van der Waals surface area (Å²) in [5, 5.41) is 11.7. The van der Waals surface area contributed by atoms with Gasteiger partial charge in [0.2, 0.25) is 5.91 Å². The predicted molar refractivity (Wildman–Crippen MR) is 64.7 cm³/mol. The Morgan fingerprint density at radius 1 is 1.39 bits per heavy atom. The second kappa shape index (κ2) is 6.61. The quantitative estimate of drug-likeness (QED) is 0.644. The summed E-state index contributed by atoms with van der Waals surface area (Å²) in [4.78, 5) is 23.0. The number of carbonyl (C=O) groups excluding carboxylic acids is 2. The van der Waals surface area contributed by atoms with Gasteiger partial charge in [-0.15, -0.1) is 0 Å². The molecular weight excluding hydrogens is 236 g/mol. The normalized spacial score (nSPS) is 11.7. The van der Waals surface area contributed by atoms with Crippen molar-refractivity contribution in [2.24, 2.45) is 5.73 Å². The summed E-state index contributed by atoms with van der Waals surface area (Å²) < 4.78 is 4.88. The van der Waals surface area contributed by atoms with E-state index in [9.17, 15) is 14.7 Å². The van der Waals surface area contributed by atoms with Gasteiger partial charge in [0.05, 0.1) is 13.2 Å². The van der Waals surface area contributed by atoms with Crippen molar-refractivity contribution in [3.8, 4) is 5.75 Å². The molecule has 0 saturated carbocycles. The lowest BCUT2D eigenvalue weighted by Crippen LogP contribution is -2.38. The molecule has 0 bridgehead atoms. The van der Waals surface area contributed by atoms with Crippen LogP contribution in [0.4, 0.5) is 0 Å². The third kappa shape index (κ3) is 3.74. The lowest BCUT2D eigenvalue weighted by molar-refractivity contribution is -0.147. The van der Waals surface area contributed by atoms with Gasteiger partial charge in [0.25, 0.3) is 0 Å². The third-order valence-electron chi connectivity index (χ3n) is 2.24. The minimum atomic E-state index is -0.915. The summed E-state index contributed by atoms with van der Waals surface area (Å²) in [5.41, 5.74) is 5.71. The SMILES string of the molecule is CCOC(=O)[C@H](NC(=O)CN)c1ccc(O)cc1. The first-order valence-corrected chi connectivity index (χ1v) is 5.53. The zero-order valence-corrected chi connectivity index (χ0v) is 10.1. The summed E-state index contributed by atoms with van der Waals surface area (Å²) in [6, 6.07) is 5.01. The molecular formula is C12H16N2O4. The predicted octanol–water partition coefficient (Wildman–Crippen LogP) is 0.0713. The van der Waals surface area contributed by atoms with Crippen molar-refractivity contribution in [3.05, 3.63) is 29.8 Å². The number of rotatable bonds is 5. The minimum Gasteiger partial charge on any atom is -0.508 e. The number of esters is 1. The van der Waals surface area contributed by atoms with Gasteiger partial charge in [-0.25, -0.2) is 4.79 Å². The molecule has 98 valence electrons. The van der Waals surface area contributed by atoms with Gasteiger partial charge in [-0.2, -0.15) is 0 Å². The first-order chi connectivity index (χ1) is 8.58. The fourth-order valence-corrected chi connectivity index (χ4v) is 1.39. The number of phenols is 1. The zero-order valence-electron chi connectivity index (χ0n) is 10.1. The van der Waals surface area contributed by atoms with Gasteiger partial charge in [-0.1, -0.05) is 12.1 Å². The molecule has 6 heteroatoms. The maximum Gasteiger partial charge on any atom is 0.333 e. The van der Waals surface area contributed by atoms with Crippen LogP contribution in [0.25, 0.3) is 0 Å². The van der Waals surface area contributed by atoms with Crippen molar-refractivity contribution in [1.82, 2.24) is 5.32 Å². The Morgan fingerprint density at radius 2 is 2.00 bits per heavy atom. The highest BCUT2D eigenvalue weighted by atomic mass is 16.5. The highest BCUT2D eigenvalue weighted by Gasteiger charge is 2.23. The molecule has 1 amide bonds. The number of hydrogen-bond acceptors (Lipinski definition) is 5. The number of nitrogens with two attached hydrogens (primary N) is 1. The zero-order chi connectivity index (χ0) is 13.5. The molecule has 0 aliphatic rings. The van der Waals surface area contributed by atoms with Crippen LogP contribution in [0, 0.1) is 0 Å². The molecule has 4 N–H and O–H groups in total. The van der Waals surface area contributed by atoms with Crippen LogP contribution in [-0.2, 0) is 14.3 Å². The molecule has 1 rings (SSSR count). The molecule has 1 aromatic rings. The molecule has 0 aliphatic heterocycles. The molecule has 0 unspecified atom stereocenters. The van der Waals surface area contributed by atoms with E-state index in [1.807, 2.05) is 0 Å². The Hall–Kier alpha value is -2.08. The largest absolute Gasteiger partial charge is 0.508 e. The highest BCUT2D eigenvalue weighted by Crippen LogP contribution is 2.18. The summed E-state index contributed by atoms with van der Waals surface area (Å²) in [6.45, 7) is 1.68. The summed E-state index contributed by atoms with van der Waals surface area (Å²) in [7, 11) is 0. The molecule has 0 spiro atoms. The van der Waals surface area contributed by atoms with E-state index in [2.05, 4.69) is 5.32 Å². The molecule has 0 heterocycles. The summed E-state index contributed by atoms with van der Waals surface area (Å²) in [5.74, 6) is -0.947. The fourth-order valence-electron chi connectivity index (χ4n) is 1.39. The monoisotopic (exact) mass is 252 g/mol. The van der Waals surface area contributed by atoms with Crippen molar-refractivity contribution < 1.29 is 19.4 Å². The van der Waals surface area contributed by atoms with Gasteiger partial charge in [-0.3, -0.25) is 4.79 Å². The van der Waals surface area contributed by atoms with Gasteiger partial charge in [0, 0.05) is 0 Å². The molecule has 0 radical (unpaired) electrons. The number of phenolic OH excluding ortho intramolecular Hbond substituents is 1. The van der Waals surface area contributed by atoms with Crippen molar-refractivity contribution in [1.29, 1.82) is 0 Å². The minimum absolute atomic E-state index is 0.0755. The van der Waals surface area contributed by atoms with Crippen LogP contribution >= 0.6 is 0 Å². The van der Waals surface area contributed by atoms with Crippen LogP contribution in [0.1, 0.15) is 18.5 Å². The molecule has 18 heavy (non-hydrogen) atoms. The highest BCUT2D eigenvalue weighted by molar-refractivity contribution is 5.86. The maximum absolute atomic E-state index is 11.7. The Labute approximate surface area is 105 Å². The summed E-state index contributed by atoms with van der Waals surface area (Å²) in [6.07, 6.45) is 0. The van der Waals surface area contributed by atoms with Gasteiger partial charge in [-0.05, 0) is 24.6 Å². The van der Waals surface area contributed by atoms with E-state index >= 15 is 0 Å². The van der Waals surface area contributed by atoms with Crippen LogP contribution in [0.3, 0.4) is 0 Å². The molecule has 0 saturated heterocycles. The number of ether oxygens (including phenoxy) is 1. The average Bonchev–Trinajstić information content (AvgIpc) is 2.37. The topological polar surface area (TPSA) is 102 Å². The molecule has 1 atom stereocenters. The third-order valence-corrected chi connectivity index (χ3v) is 2.24. The van der Waals surface area contributed by atoms with Crippen molar-refractivity contribution in [2.75, 3.05) is 13.2 Å². The van der Waals surface area contributed by atoms with Crippen LogP contribution < -0.4 is 11.1 Å². The number of aromatic hydroxyl groups is 1. The smallest absolute Gasteiger partial charge is 0.333 e. The summed E-state index contributed by atoms with van der Waals surface area (Å²) >= 11 is 0. The fraction of sp³-hybridized carbons (Fsp3) is 0.333. The van der Waals surface area contributed by atoms with Crippen LogP contribution in [0.2, 0.25) is 0 Å². The van der Waals surface area contributed by atoms with E-state index in [0.717, 1.165) is 0 Å². The molecule has 0 aromatic heterocycles. The number of hydrogen-bond donors (Lipinski definition) is 3. The molecule has 1 aromatic carbocycles. The Bertz CT molecular complexity index is 417. The molecule has 0 aliphatic carbocycles. The lowest BCUT2D eigenvalue weighted by Gasteiger charge is -2.17. The number of nitrogens with one attached hydrogen (secondary N) is 1. The van der Waals surface area contributed by atoms with Crippen molar-refractivity contribution in [3.63, 3.8) is 0 Å². The van der Waals surface area contributed by atoms with Crippen LogP contribution in [-0.4, -0.2) is 30.1 Å². The number of carbonyl (C=O) groups is 2. The first-order valence-electron chi connectivity index (χ1n) is 5.53. The van der Waals surface area contributed by atoms with Crippen molar-refractivity contribution >= 4 is 11.9 Å². The van der Waals surface area contributed by atoms with Crippen molar-refractivity contribution in [2.45, 2.75) is 13.0 Å². The van der Waals surface area contributed by atoms with E-state index in [0.29, 0.717) is 5.56 Å². The Balaban J connectivity index is 2.92. The van der Waals surface area contributed by atoms with Gasteiger partial charge >= 0.3 is 5.97 Å². The Kier molecular flexibility index (Phi) is 5.13. The average molecular weight is 252 g/mol. The van der Waals surface area contributed by atoms with E-state index in [4.69, 9.17) is 10.5 Å². The van der Waals surface area contributed by atoms with Gasteiger partial charge in [0.1, 0.15) is 5.75 Å². The van der Waals surface area contributed by atoms with E-state index in [1.165, 1.54) is 24.3 Å². The van der Waals surface area contributed by atoms with E-state index in [-0.39, 0.29) is 18.9 Å². The van der Waals surface area contributed by atoms with E-state index < -0.39 is 17.9 Å². The van der Waals surface area contributed by atoms with E-state index in [1.54, 1.807) is 6.92 Å². The van der Waals surface area contributed by atoms with Gasteiger partial charge < -0.3 is 20.9 Å². The number of amides is 1. The first kappa shape index (κ1) is 14.0. The molecule has 6 nitrogen and oxygen atoms in total. The van der Waals surface area contributed by atoms with Crippen LogP contribution in [0.5, 0.6) is 5.75 Å². The second-order valence-electron chi connectivity index (χ2n) is 3.55. The maximum atomic E-state index is 11.7. The second-order valence-corrected chi connectivity index (χ2v) is 3.55. The Morgan fingerprint density at radius 3 is 2.50 bits per heavy atom. The number of benzene rings is 1. The van der Waals surface area contributed by atoms with Crippen LogP contribution in [0.15, 0.2) is 24.3 Å². The van der Waals surface area contributed by atoms with Gasteiger partial charge in [0.15, 0.2) is 6.04 Å². The molecule has 0 fully saturated rings. The lowest BCUT2D eigenvalue weighted by atomic mass is 10.1. The standard InChI is InChI=1S/C12H16N2O4/c1-2-18-12(17)11(14-10(16)7-13)8-3-5-9(15)6-4-8/h3-6,11,15H,2,7,13H2,1H3,(H,14,16)/t11-/m1/s1.